The van der Waals surface area contributed by atoms with Gasteiger partial charge in [0, 0.05) is 5.56 Å². The molecule has 0 aliphatic carbocycles. The summed E-state index contributed by atoms with van der Waals surface area (Å²) < 4.78 is 35.4. The van der Waals surface area contributed by atoms with Gasteiger partial charge in [-0.25, -0.2) is 4.79 Å². The number of rotatable bonds is 8. The van der Waals surface area contributed by atoms with Crippen molar-refractivity contribution in [1.29, 1.82) is 5.41 Å². The zero-order valence-corrected chi connectivity index (χ0v) is 18.9. The number of nitrogens with one attached hydrogen (secondary N) is 1. The summed E-state index contributed by atoms with van der Waals surface area (Å²) in [5.41, 5.74) is 7.67. The van der Waals surface area contributed by atoms with Crippen molar-refractivity contribution >= 4 is 32.7 Å². The lowest BCUT2D eigenvalue weighted by Crippen LogP contribution is -2.15. The Bertz CT molecular complexity index is 1450. The minimum Gasteiger partial charge on any atom is -0.489 e. The van der Waals surface area contributed by atoms with E-state index in [4.69, 9.17) is 20.1 Å². The minimum atomic E-state index is -4.16. The van der Waals surface area contributed by atoms with Crippen molar-refractivity contribution in [3.05, 3.63) is 113 Å². The first-order valence-corrected chi connectivity index (χ1v) is 12.0. The van der Waals surface area contributed by atoms with Gasteiger partial charge in [0.25, 0.3) is 0 Å². The number of ether oxygens (including phenoxy) is 1. The molecule has 0 heterocycles. The van der Waals surface area contributed by atoms with E-state index in [1.165, 1.54) is 12.1 Å². The summed E-state index contributed by atoms with van der Waals surface area (Å²) in [5.74, 6) is -0.911. The van der Waals surface area contributed by atoms with Crippen LogP contribution in [0.2, 0.25) is 0 Å². The van der Waals surface area contributed by atoms with Gasteiger partial charge in [0.15, 0.2) is 0 Å². The largest absolute Gasteiger partial charge is 0.489 e. The molecule has 172 valence electrons. The quantitative estimate of drug-likeness (QED) is 0.222. The number of hydrogen-bond acceptors (Lipinski definition) is 6. The molecular formula is C26H22N2O5S. The normalized spacial score (nSPS) is 11.2. The highest BCUT2D eigenvalue weighted by Crippen LogP contribution is 2.21. The number of nitrogen functional groups attached to an aromatic ring is 1. The molecule has 0 aliphatic heterocycles. The summed E-state index contributed by atoms with van der Waals surface area (Å²) in [6.45, 7) is 0.376. The van der Waals surface area contributed by atoms with E-state index >= 15 is 0 Å². The lowest BCUT2D eigenvalue weighted by atomic mass is 10.0. The summed E-state index contributed by atoms with van der Waals surface area (Å²) in [6.07, 6.45) is 0. The number of amidine groups is 1. The van der Waals surface area contributed by atoms with E-state index in [2.05, 4.69) is 0 Å². The maximum atomic E-state index is 12.5. The van der Waals surface area contributed by atoms with E-state index in [9.17, 15) is 13.2 Å². The van der Waals surface area contributed by atoms with Crippen LogP contribution in [0.4, 0.5) is 0 Å². The van der Waals surface area contributed by atoms with E-state index in [-0.39, 0.29) is 11.4 Å². The van der Waals surface area contributed by atoms with Crippen molar-refractivity contribution in [1.82, 2.24) is 0 Å². The van der Waals surface area contributed by atoms with Crippen LogP contribution in [-0.4, -0.2) is 20.2 Å². The molecule has 4 rings (SSSR count). The predicted octanol–water partition coefficient (Wildman–Crippen LogP) is 4.39. The van der Waals surface area contributed by atoms with Crippen molar-refractivity contribution < 1.29 is 22.1 Å². The second-order valence-corrected chi connectivity index (χ2v) is 9.25. The molecule has 0 aromatic heterocycles. The fourth-order valence-corrected chi connectivity index (χ4v) is 4.35. The molecule has 34 heavy (non-hydrogen) atoms. The summed E-state index contributed by atoms with van der Waals surface area (Å²) >= 11 is 0. The van der Waals surface area contributed by atoms with Crippen LogP contribution in [0, 0.1) is 5.41 Å². The fourth-order valence-electron chi connectivity index (χ4n) is 3.38. The molecule has 0 amide bonds. The molecule has 4 aromatic carbocycles. The molecule has 0 spiro atoms. The Labute approximate surface area is 197 Å². The first-order valence-electron chi connectivity index (χ1n) is 10.4. The van der Waals surface area contributed by atoms with Gasteiger partial charge in [-0.05, 0) is 52.2 Å². The Morgan fingerprint density at radius 2 is 1.44 bits per heavy atom. The van der Waals surface area contributed by atoms with Gasteiger partial charge in [0.2, 0.25) is 0 Å². The summed E-state index contributed by atoms with van der Waals surface area (Å²) in [5, 5.41) is 9.13. The number of benzene rings is 4. The summed E-state index contributed by atoms with van der Waals surface area (Å²) in [4.78, 5) is 12.4. The van der Waals surface area contributed by atoms with Crippen molar-refractivity contribution in [2.45, 2.75) is 12.4 Å². The second kappa shape index (κ2) is 9.76. The van der Waals surface area contributed by atoms with Gasteiger partial charge in [-0.3, -0.25) is 5.41 Å². The monoisotopic (exact) mass is 474 g/mol. The van der Waals surface area contributed by atoms with E-state index < -0.39 is 21.8 Å². The Morgan fingerprint density at radius 1 is 0.794 bits per heavy atom. The van der Waals surface area contributed by atoms with Gasteiger partial charge in [0.05, 0.1) is 5.56 Å². The van der Waals surface area contributed by atoms with Gasteiger partial charge < -0.3 is 14.7 Å². The highest BCUT2D eigenvalue weighted by atomic mass is 32.2. The van der Waals surface area contributed by atoms with Crippen LogP contribution in [0.25, 0.3) is 10.8 Å². The van der Waals surface area contributed by atoms with Crippen LogP contribution in [-0.2, 0) is 26.7 Å². The molecule has 0 saturated carbocycles. The molecule has 8 heteroatoms. The molecule has 0 saturated heterocycles. The maximum absolute atomic E-state index is 12.5. The zero-order valence-electron chi connectivity index (χ0n) is 18.1. The van der Waals surface area contributed by atoms with Crippen LogP contribution in [0.5, 0.6) is 5.75 Å². The third-order valence-electron chi connectivity index (χ3n) is 5.10. The summed E-state index contributed by atoms with van der Waals surface area (Å²) in [6, 6.07) is 26.0. The van der Waals surface area contributed by atoms with Crippen molar-refractivity contribution in [2.24, 2.45) is 5.73 Å². The highest BCUT2D eigenvalue weighted by molar-refractivity contribution is 7.86. The zero-order chi connectivity index (χ0) is 24.1. The summed E-state index contributed by atoms with van der Waals surface area (Å²) in [7, 11) is -4.16. The Kier molecular flexibility index (Phi) is 6.60. The lowest BCUT2D eigenvalue weighted by Gasteiger charge is -2.09. The molecule has 0 bridgehead atoms. The molecule has 0 aliphatic rings. The number of carbonyl (C=O) groups is 1. The van der Waals surface area contributed by atoms with Crippen LogP contribution in [0.15, 0.2) is 91.0 Å². The Hall–Kier alpha value is -4.17. The van der Waals surface area contributed by atoms with E-state index in [0.29, 0.717) is 23.5 Å². The first-order chi connectivity index (χ1) is 16.3. The van der Waals surface area contributed by atoms with Gasteiger partial charge in [0.1, 0.15) is 23.9 Å². The number of nitrogens with two attached hydrogens (primary N) is 1. The topological polar surface area (TPSA) is 120 Å². The third kappa shape index (κ3) is 5.79. The van der Waals surface area contributed by atoms with Crippen LogP contribution in [0.1, 0.15) is 27.0 Å². The van der Waals surface area contributed by atoms with Gasteiger partial charge in [-0.15, -0.1) is 0 Å². The molecule has 0 radical (unpaired) electrons. The number of hydrogen-bond donors (Lipinski definition) is 2. The molecule has 7 nitrogen and oxygen atoms in total. The van der Waals surface area contributed by atoms with E-state index in [1.807, 2.05) is 30.3 Å². The fraction of sp³-hybridized carbons (Fsp3) is 0.0769. The van der Waals surface area contributed by atoms with Crippen molar-refractivity contribution in [2.75, 3.05) is 0 Å². The maximum Gasteiger partial charge on any atom is 0.353 e. The van der Waals surface area contributed by atoms with Gasteiger partial charge in [-0.2, -0.15) is 8.42 Å². The average Bonchev–Trinajstić information content (AvgIpc) is 2.82. The van der Waals surface area contributed by atoms with Crippen molar-refractivity contribution in [3.63, 3.8) is 0 Å². The SMILES string of the molecule is N=C(N)c1ccc2cc(CS(=O)(=O)OC(=O)c3ccc(OCc4ccccc4)cc3)ccc2c1. The van der Waals surface area contributed by atoms with Crippen LogP contribution >= 0.6 is 0 Å². The highest BCUT2D eigenvalue weighted by Gasteiger charge is 2.20. The predicted molar refractivity (Wildman–Crippen MR) is 130 cm³/mol. The molecular weight excluding hydrogens is 452 g/mol. The molecule has 3 N–H and O–H groups in total. The lowest BCUT2D eigenvalue weighted by molar-refractivity contribution is 0.0746. The van der Waals surface area contributed by atoms with Crippen molar-refractivity contribution in [3.8, 4) is 5.75 Å². The average molecular weight is 475 g/mol. The second-order valence-electron chi connectivity index (χ2n) is 7.68. The van der Waals surface area contributed by atoms with E-state index in [1.54, 1.807) is 48.5 Å². The molecule has 4 aromatic rings. The Balaban J connectivity index is 1.39. The van der Waals surface area contributed by atoms with E-state index in [0.717, 1.165) is 16.3 Å². The molecule has 0 atom stereocenters. The minimum absolute atomic E-state index is 0.0451. The molecule has 0 fully saturated rings. The third-order valence-corrected chi connectivity index (χ3v) is 6.19. The molecule has 0 unspecified atom stereocenters. The standard InChI is InChI=1S/C26H22N2O5S/c27-25(28)23-9-8-21-14-19(6-7-22(21)15-23)17-34(30,31)33-26(29)20-10-12-24(13-11-20)32-16-18-4-2-1-3-5-18/h1-15H,16-17H2,(H3,27,28). The van der Waals surface area contributed by atoms with Crippen LogP contribution < -0.4 is 10.5 Å². The Morgan fingerprint density at radius 3 is 2.15 bits per heavy atom. The number of carbonyl (C=O) groups excluding carboxylic acids is 1. The smallest absolute Gasteiger partial charge is 0.353 e. The van der Waals surface area contributed by atoms with Gasteiger partial charge >= 0.3 is 16.1 Å². The van der Waals surface area contributed by atoms with Gasteiger partial charge in [-0.1, -0.05) is 60.7 Å². The number of fused-ring (bicyclic) bond motifs is 1. The first kappa shape index (κ1) is 23.0. The van der Waals surface area contributed by atoms with Crippen LogP contribution in [0.3, 0.4) is 0 Å².